The van der Waals surface area contributed by atoms with Crippen LogP contribution >= 0.6 is 12.8 Å². The van der Waals surface area contributed by atoms with Gasteiger partial charge in [0, 0.05) is 6.07 Å². The molecule has 8 nitrogen and oxygen atoms in total. The van der Waals surface area contributed by atoms with Gasteiger partial charge < -0.3 is 10.6 Å². The van der Waals surface area contributed by atoms with E-state index in [1.54, 1.807) is 18.2 Å². The fourth-order valence-electron chi connectivity index (χ4n) is 3.11. The predicted octanol–water partition coefficient (Wildman–Crippen LogP) is 5.67. The molecule has 0 saturated heterocycles. The Kier molecular flexibility index (Phi) is 7.41. The van der Waals surface area contributed by atoms with Crippen molar-refractivity contribution < 1.29 is 27.7 Å². The maximum Gasteiger partial charge on any atom is 0.418 e. The number of alkyl halides is 3. The van der Waals surface area contributed by atoms with E-state index >= 15 is 0 Å². The summed E-state index contributed by atoms with van der Waals surface area (Å²) >= 11 is 4.10. The average molecular weight is 490 g/mol. The van der Waals surface area contributed by atoms with Crippen molar-refractivity contribution in [3.63, 3.8) is 0 Å². The molecule has 0 saturated carbocycles. The first-order chi connectivity index (χ1) is 16.1. The van der Waals surface area contributed by atoms with Crippen molar-refractivity contribution >= 4 is 41.8 Å². The first kappa shape index (κ1) is 24.6. The van der Waals surface area contributed by atoms with Crippen molar-refractivity contribution in [2.24, 2.45) is 0 Å². The molecular formula is C22H17F3N4O4S. The van der Waals surface area contributed by atoms with Crippen LogP contribution in [0.15, 0.2) is 78.9 Å². The molecule has 1 unspecified atom stereocenters. The Morgan fingerprint density at radius 2 is 1.44 bits per heavy atom. The zero-order valence-corrected chi connectivity index (χ0v) is 18.1. The quantitative estimate of drug-likeness (QED) is 0.235. The zero-order valence-electron chi connectivity index (χ0n) is 17.2. The Balaban J connectivity index is 1.93. The number of para-hydroxylation sites is 3. The number of benzene rings is 3. The summed E-state index contributed by atoms with van der Waals surface area (Å²) in [5.41, 5.74) is -1.85. The van der Waals surface area contributed by atoms with Gasteiger partial charge in [-0.05, 0) is 23.8 Å². The van der Waals surface area contributed by atoms with Crippen LogP contribution in [0.4, 0.5) is 35.0 Å². The molecule has 0 aliphatic heterocycles. The summed E-state index contributed by atoms with van der Waals surface area (Å²) in [6.45, 7) is 0. The molecule has 0 aromatic heterocycles. The molecule has 3 amide bonds. The minimum Gasteiger partial charge on any atom is -0.323 e. The molecule has 0 spiro atoms. The van der Waals surface area contributed by atoms with Crippen molar-refractivity contribution in [3.05, 3.63) is 100 Å². The zero-order chi connectivity index (χ0) is 24.9. The van der Waals surface area contributed by atoms with Crippen LogP contribution in [0.1, 0.15) is 17.2 Å². The Morgan fingerprint density at radius 1 is 0.882 bits per heavy atom. The summed E-state index contributed by atoms with van der Waals surface area (Å²) in [5, 5.41) is 15.7. The van der Waals surface area contributed by atoms with Gasteiger partial charge in [0.1, 0.15) is 11.7 Å². The van der Waals surface area contributed by atoms with E-state index in [0.29, 0.717) is 4.31 Å². The number of carbonyl (C=O) groups excluding carboxylic acids is 2. The number of amides is 3. The van der Waals surface area contributed by atoms with E-state index in [4.69, 9.17) is 0 Å². The van der Waals surface area contributed by atoms with Gasteiger partial charge in [-0.2, -0.15) is 13.2 Å². The summed E-state index contributed by atoms with van der Waals surface area (Å²) in [6.07, 6.45) is -4.73. The highest BCUT2D eigenvalue weighted by molar-refractivity contribution is 7.78. The number of nitro groups is 1. The lowest BCUT2D eigenvalue weighted by molar-refractivity contribution is -0.383. The number of anilines is 2. The Bertz CT molecular complexity index is 1210. The number of rotatable bonds is 6. The Hall–Kier alpha value is -4.06. The highest BCUT2D eigenvalue weighted by Gasteiger charge is 2.36. The van der Waals surface area contributed by atoms with E-state index in [2.05, 4.69) is 23.4 Å². The van der Waals surface area contributed by atoms with E-state index in [0.717, 1.165) is 12.1 Å². The maximum atomic E-state index is 13.4. The number of thiol groups is 1. The van der Waals surface area contributed by atoms with Gasteiger partial charge in [0.05, 0.1) is 16.2 Å². The van der Waals surface area contributed by atoms with Gasteiger partial charge >= 0.3 is 12.2 Å². The minimum absolute atomic E-state index is 0.147. The fourth-order valence-corrected chi connectivity index (χ4v) is 3.40. The molecule has 34 heavy (non-hydrogen) atoms. The molecule has 176 valence electrons. The molecule has 0 radical (unpaired) electrons. The second-order valence-electron chi connectivity index (χ2n) is 6.89. The lowest BCUT2D eigenvalue weighted by Crippen LogP contribution is -2.38. The first-order valence-electron chi connectivity index (χ1n) is 9.64. The van der Waals surface area contributed by atoms with Crippen LogP contribution in [-0.2, 0) is 11.0 Å². The lowest BCUT2D eigenvalue weighted by atomic mass is 10.1. The smallest absolute Gasteiger partial charge is 0.323 e. The SMILES string of the molecule is O=C(Nc1ccccc1C(F)(F)F)C(c1ccccc1)N(S)C(=O)Nc1ccccc1[N+](=O)[O-]. The number of hydrogen-bond donors (Lipinski definition) is 3. The Morgan fingerprint density at radius 3 is 2.06 bits per heavy atom. The van der Waals surface area contributed by atoms with E-state index in [1.165, 1.54) is 48.5 Å². The summed E-state index contributed by atoms with van der Waals surface area (Å²) in [5.74, 6) is -0.976. The number of nitrogens with one attached hydrogen (secondary N) is 2. The van der Waals surface area contributed by atoms with E-state index in [9.17, 15) is 32.9 Å². The van der Waals surface area contributed by atoms with E-state index in [1.807, 2.05) is 0 Å². The molecule has 3 aromatic carbocycles. The van der Waals surface area contributed by atoms with Crippen molar-refractivity contribution in [3.8, 4) is 0 Å². The molecule has 3 rings (SSSR count). The van der Waals surface area contributed by atoms with Gasteiger partial charge in [-0.3, -0.25) is 19.2 Å². The van der Waals surface area contributed by atoms with Gasteiger partial charge in [0.2, 0.25) is 0 Å². The maximum absolute atomic E-state index is 13.4. The first-order valence-corrected chi connectivity index (χ1v) is 10.0. The lowest BCUT2D eigenvalue weighted by Gasteiger charge is -2.27. The summed E-state index contributed by atoms with van der Waals surface area (Å²) in [6, 6.07) is 15.0. The molecule has 0 aliphatic rings. The Labute approximate surface area is 197 Å². The molecular weight excluding hydrogens is 473 g/mol. The van der Waals surface area contributed by atoms with Crippen molar-refractivity contribution in [2.75, 3.05) is 10.6 Å². The summed E-state index contributed by atoms with van der Waals surface area (Å²) in [7, 11) is 0. The molecule has 1 atom stereocenters. The molecule has 0 bridgehead atoms. The third-order valence-corrected chi connectivity index (χ3v) is 5.06. The number of carbonyl (C=O) groups is 2. The van der Waals surface area contributed by atoms with Gasteiger partial charge in [0.25, 0.3) is 11.6 Å². The number of nitrogens with zero attached hydrogens (tertiary/aromatic N) is 2. The fraction of sp³-hybridized carbons (Fsp3) is 0.0909. The second kappa shape index (κ2) is 10.3. The normalized spacial score (nSPS) is 11.9. The van der Waals surface area contributed by atoms with Crippen molar-refractivity contribution in [1.82, 2.24) is 4.31 Å². The summed E-state index contributed by atoms with van der Waals surface area (Å²) in [4.78, 5) is 36.5. The molecule has 0 aliphatic carbocycles. The number of nitro benzene ring substituents is 1. The van der Waals surface area contributed by atoms with E-state index in [-0.39, 0.29) is 11.3 Å². The van der Waals surface area contributed by atoms with Crippen molar-refractivity contribution in [1.29, 1.82) is 0 Å². The number of hydrogen-bond acceptors (Lipinski definition) is 5. The van der Waals surface area contributed by atoms with Gasteiger partial charge in [0.15, 0.2) is 0 Å². The molecule has 12 heteroatoms. The topological polar surface area (TPSA) is 105 Å². The standard InChI is InChI=1S/C22H17F3N4O4S/c23-22(24,25)15-10-4-5-11-16(15)26-20(30)19(14-8-2-1-3-9-14)28(34)21(31)27-17-12-6-7-13-18(17)29(32)33/h1-13,19,34H,(H,26,30)(H,27,31). The molecule has 0 fully saturated rings. The molecule has 2 N–H and O–H groups in total. The molecule has 0 heterocycles. The van der Waals surface area contributed by atoms with Crippen LogP contribution in [0, 0.1) is 10.1 Å². The van der Waals surface area contributed by atoms with Crippen LogP contribution in [0.2, 0.25) is 0 Å². The average Bonchev–Trinajstić information content (AvgIpc) is 2.79. The van der Waals surface area contributed by atoms with E-state index < -0.39 is 46.0 Å². The molecule has 3 aromatic rings. The van der Waals surface area contributed by atoms with Crippen LogP contribution in [-0.4, -0.2) is 21.2 Å². The predicted molar refractivity (Wildman–Crippen MR) is 122 cm³/mol. The third kappa shape index (κ3) is 5.64. The monoisotopic (exact) mass is 490 g/mol. The second-order valence-corrected chi connectivity index (χ2v) is 7.33. The van der Waals surface area contributed by atoms with Crippen LogP contribution < -0.4 is 10.6 Å². The highest BCUT2D eigenvalue weighted by Crippen LogP contribution is 2.35. The van der Waals surface area contributed by atoms with Crippen molar-refractivity contribution in [2.45, 2.75) is 12.2 Å². The van der Waals surface area contributed by atoms with Gasteiger partial charge in [-0.15, -0.1) is 0 Å². The van der Waals surface area contributed by atoms with Crippen LogP contribution in [0.5, 0.6) is 0 Å². The van der Waals surface area contributed by atoms with Gasteiger partial charge in [-0.1, -0.05) is 67.4 Å². The minimum atomic E-state index is -4.73. The largest absolute Gasteiger partial charge is 0.418 e. The van der Waals surface area contributed by atoms with Crippen LogP contribution in [0.3, 0.4) is 0 Å². The van der Waals surface area contributed by atoms with Crippen LogP contribution in [0.25, 0.3) is 0 Å². The third-order valence-electron chi connectivity index (χ3n) is 4.65. The van der Waals surface area contributed by atoms with Gasteiger partial charge in [-0.25, -0.2) is 4.79 Å². The summed E-state index contributed by atoms with van der Waals surface area (Å²) < 4.78 is 40.7. The number of halogens is 3. The number of urea groups is 1. The highest BCUT2D eigenvalue weighted by atomic mass is 32.1.